The van der Waals surface area contributed by atoms with E-state index in [-0.39, 0.29) is 0 Å². The average Bonchev–Trinajstić information content (AvgIpc) is 2.32. The molecule has 0 spiro atoms. The molecular weight excluding hydrogens is 264 g/mol. The van der Waals surface area contributed by atoms with E-state index in [1.54, 1.807) is 0 Å². The van der Waals surface area contributed by atoms with Gasteiger partial charge in [0.15, 0.2) is 0 Å². The van der Waals surface area contributed by atoms with Gasteiger partial charge in [-0.25, -0.2) is 4.79 Å². The predicted molar refractivity (Wildman–Crippen MR) is 86.1 cm³/mol. The molecule has 114 valence electrons. The number of nitrogens with two attached hydrogens (primary N) is 1. The number of carbonyl (C=O) groups excluding carboxylic acids is 1. The van der Waals surface area contributed by atoms with E-state index in [0.717, 1.165) is 22.4 Å². The molecule has 21 heavy (non-hydrogen) atoms. The summed E-state index contributed by atoms with van der Waals surface area (Å²) in [4.78, 5) is 11.4. The Balaban J connectivity index is 2.48. The molecule has 0 bridgehead atoms. The van der Waals surface area contributed by atoms with Crippen LogP contribution in [0.4, 0.5) is 10.5 Å². The molecule has 1 aromatic carbocycles. The van der Waals surface area contributed by atoms with E-state index < -0.39 is 11.7 Å². The van der Waals surface area contributed by atoms with Crippen molar-refractivity contribution in [3.05, 3.63) is 28.8 Å². The molecule has 0 fully saturated rings. The molecule has 0 aromatic heterocycles. The second kappa shape index (κ2) is 7.03. The van der Waals surface area contributed by atoms with Crippen LogP contribution in [0.15, 0.2) is 12.1 Å². The molecule has 0 heterocycles. The van der Waals surface area contributed by atoms with E-state index >= 15 is 0 Å². The fraction of sp³-hybridized carbons (Fsp3) is 0.471. The zero-order valence-electron chi connectivity index (χ0n) is 13.5. The van der Waals surface area contributed by atoms with Gasteiger partial charge >= 0.3 is 6.09 Å². The predicted octanol–water partition coefficient (Wildman–Crippen LogP) is 3.15. The molecule has 0 aliphatic carbocycles. The van der Waals surface area contributed by atoms with E-state index in [1.807, 2.05) is 46.8 Å². The van der Waals surface area contributed by atoms with Crippen molar-refractivity contribution in [2.45, 2.75) is 46.6 Å². The molecule has 0 aliphatic heterocycles. The number of alkyl carbamates (subject to hydrolysis) is 1. The first-order chi connectivity index (χ1) is 9.69. The van der Waals surface area contributed by atoms with Crippen molar-refractivity contribution in [2.75, 3.05) is 12.3 Å². The van der Waals surface area contributed by atoms with Gasteiger partial charge in [-0.05, 0) is 57.9 Å². The largest absolute Gasteiger partial charge is 0.444 e. The van der Waals surface area contributed by atoms with E-state index in [0.29, 0.717) is 13.0 Å². The highest BCUT2D eigenvalue weighted by Crippen LogP contribution is 2.16. The van der Waals surface area contributed by atoms with Crippen LogP contribution in [0, 0.1) is 25.7 Å². The summed E-state index contributed by atoms with van der Waals surface area (Å²) >= 11 is 0. The van der Waals surface area contributed by atoms with Crippen LogP contribution >= 0.6 is 0 Å². The third-order valence-electron chi connectivity index (χ3n) is 2.75. The summed E-state index contributed by atoms with van der Waals surface area (Å²) in [5.41, 5.74) is 9.20. The molecular formula is C17H24N2O2. The van der Waals surface area contributed by atoms with E-state index in [2.05, 4.69) is 17.2 Å². The number of benzene rings is 1. The molecule has 1 aromatic rings. The molecule has 0 saturated carbocycles. The maximum absolute atomic E-state index is 11.4. The summed E-state index contributed by atoms with van der Waals surface area (Å²) in [6, 6.07) is 3.91. The molecule has 1 amide bonds. The number of anilines is 1. The summed E-state index contributed by atoms with van der Waals surface area (Å²) in [6.45, 7) is 9.91. The molecule has 3 N–H and O–H groups in total. The van der Waals surface area contributed by atoms with Gasteiger partial charge in [-0.15, -0.1) is 0 Å². The Morgan fingerprint density at radius 3 is 2.57 bits per heavy atom. The van der Waals surface area contributed by atoms with Crippen molar-refractivity contribution >= 4 is 11.8 Å². The molecule has 1 rings (SSSR count). The van der Waals surface area contributed by atoms with Crippen molar-refractivity contribution < 1.29 is 9.53 Å². The molecule has 0 saturated heterocycles. The lowest BCUT2D eigenvalue weighted by Gasteiger charge is -2.19. The minimum Gasteiger partial charge on any atom is -0.444 e. The Morgan fingerprint density at radius 2 is 1.95 bits per heavy atom. The van der Waals surface area contributed by atoms with Crippen LogP contribution in [0.1, 0.15) is 43.9 Å². The van der Waals surface area contributed by atoms with Crippen LogP contribution in [0.3, 0.4) is 0 Å². The lowest BCUT2D eigenvalue weighted by molar-refractivity contribution is 0.0529. The van der Waals surface area contributed by atoms with Crippen molar-refractivity contribution in [3.8, 4) is 11.8 Å². The number of amides is 1. The van der Waals surface area contributed by atoms with Gasteiger partial charge in [0.2, 0.25) is 0 Å². The number of carbonyl (C=O) groups is 1. The van der Waals surface area contributed by atoms with Crippen LogP contribution in [0.2, 0.25) is 0 Å². The second-order valence-electron chi connectivity index (χ2n) is 6.00. The standard InChI is InChI=1S/C17H24N2O2/c1-12-11-15(18)13(2)10-14(12)8-6-7-9-19-16(20)21-17(3,4)5/h10-11H,7,9,18H2,1-5H3,(H,19,20). The third kappa shape index (κ3) is 6.22. The minimum absolute atomic E-state index is 0.413. The first kappa shape index (κ1) is 16.9. The molecule has 0 radical (unpaired) electrons. The Labute approximate surface area is 127 Å². The van der Waals surface area contributed by atoms with Gasteiger partial charge in [0.1, 0.15) is 5.60 Å². The fourth-order valence-corrected chi connectivity index (χ4v) is 1.67. The first-order valence-corrected chi connectivity index (χ1v) is 7.01. The first-order valence-electron chi connectivity index (χ1n) is 7.01. The number of hydrogen-bond acceptors (Lipinski definition) is 3. The summed E-state index contributed by atoms with van der Waals surface area (Å²) in [5, 5.41) is 2.68. The van der Waals surface area contributed by atoms with Crippen LogP contribution in [-0.2, 0) is 4.74 Å². The lowest BCUT2D eigenvalue weighted by atomic mass is 10.0. The van der Waals surface area contributed by atoms with Crippen LogP contribution in [-0.4, -0.2) is 18.2 Å². The van der Waals surface area contributed by atoms with Crippen molar-refractivity contribution in [3.63, 3.8) is 0 Å². The maximum atomic E-state index is 11.4. The average molecular weight is 288 g/mol. The monoisotopic (exact) mass is 288 g/mol. The van der Waals surface area contributed by atoms with Crippen LogP contribution in [0.5, 0.6) is 0 Å². The number of rotatable bonds is 2. The van der Waals surface area contributed by atoms with Crippen molar-refractivity contribution in [1.82, 2.24) is 5.32 Å². The molecule has 4 heteroatoms. The molecule has 0 aliphatic rings. The fourth-order valence-electron chi connectivity index (χ4n) is 1.67. The highest BCUT2D eigenvalue weighted by molar-refractivity contribution is 5.67. The van der Waals surface area contributed by atoms with E-state index in [4.69, 9.17) is 10.5 Å². The summed E-state index contributed by atoms with van der Waals surface area (Å²) < 4.78 is 5.14. The van der Waals surface area contributed by atoms with E-state index in [1.165, 1.54) is 0 Å². The highest BCUT2D eigenvalue weighted by Gasteiger charge is 2.15. The van der Waals surface area contributed by atoms with Gasteiger partial charge in [-0.1, -0.05) is 11.8 Å². The quantitative estimate of drug-likeness (QED) is 0.499. The van der Waals surface area contributed by atoms with Crippen LogP contribution in [0.25, 0.3) is 0 Å². The van der Waals surface area contributed by atoms with Crippen molar-refractivity contribution in [2.24, 2.45) is 0 Å². The Bertz CT molecular complexity index is 575. The zero-order chi connectivity index (χ0) is 16.0. The number of hydrogen-bond donors (Lipinski definition) is 2. The zero-order valence-corrected chi connectivity index (χ0v) is 13.5. The summed E-state index contributed by atoms with van der Waals surface area (Å²) in [6.07, 6.45) is 0.158. The summed E-state index contributed by atoms with van der Waals surface area (Å²) in [5.74, 6) is 6.15. The van der Waals surface area contributed by atoms with Crippen molar-refractivity contribution in [1.29, 1.82) is 0 Å². The molecule has 4 nitrogen and oxygen atoms in total. The normalized spacial score (nSPS) is 10.5. The SMILES string of the molecule is Cc1cc(C#CCCNC(=O)OC(C)(C)C)c(C)cc1N. The molecule has 0 atom stereocenters. The van der Waals surface area contributed by atoms with Gasteiger partial charge in [0.25, 0.3) is 0 Å². The Hall–Kier alpha value is -2.15. The van der Waals surface area contributed by atoms with E-state index in [9.17, 15) is 4.79 Å². The smallest absolute Gasteiger partial charge is 0.407 e. The third-order valence-corrected chi connectivity index (χ3v) is 2.75. The van der Waals surface area contributed by atoms with Gasteiger partial charge in [-0.2, -0.15) is 0 Å². The highest BCUT2D eigenvalue weighted by atomic mass is 16.6. The minimum atomic E-state index is -0.478. The van der Waals surface area contributed by atoms with Gasteiger partial charge in [-0.3, -0.25) is 0 Å². The van der Waals surface area contributed by atoms with Gasteiger partial charge in [0, 0.05) is 24.2 Å². The number of ether oxygens (including phenoxy) is 1. The topological polar surface area (TPSA) is 64.3 Å². The number of aryl methyl sites for hydroxylation is 2. The molecule has 0 unspecified atom stereocenters. The second-order valence-corrected chi connectivity index (χ2v) is 6.00. The van der Waals surface area contributed by atoms with Crippen LogP contribution < -0.4 is 11.1 Å². The number of nitrogen functional groups attached to an aromatic ring is 1. The van der Waals surface area contributed by atoms with Gasteiger partial charge in [0.05, 0.1) is 0 Å². The summed E-state index contributed by atoms with van der Waals surface area (Å²) in [7, 11) is 0. The lowest BCUT2D eigenvalue weighted by Crippen LogP contribution is -2.32. The maximum Gasteiger partial charge on any atom is 0.407 e. The number of nitrogens with one attached hydrogen (secondary N) is 1. The van der Waals surface area contributed by atoms with Gasteiger partial charge < -0.3 is 15.8 Å². The Morgan fingerprint density at radius 1 is 1.29 bits per heavy atom. The Kier molecular flexibility index (Phi) is 5.66.